The van der Waals surface area contributed by atoms with E-state index in [-0.39, 0.29) is 5.54 Å². The highest BCUT2D eigenvalue weighted by Gasteiger charge is 2.46. The smallest absolute Gasteiger partial charge is 0.223 e. The number of hydrogen-bond donors (Lipinski definition) is 0. The van der Waals surface area contributed by atoms with Gasteiger partial charge in [-0.05, 0) is 38.3 Å². The van der Waals surface area contributed by atoms with Crippen molar-refractivity contribution in [3.63, 3.8) is 0 Å². The number of pyridine rings is 1. The van der Waals surface area contributed by atoms with E-state index in [0.717, 1.165) is 50.3 Å². The minimum Gasteiger partial charge on any atom is -0.333 e. The summed E-state index contributed by atoms with van der Waals surface area (Å²) in [7, 11) is 0. The molecule has 0 atom stereocenters. The Kier molecular flexibility index (Phi) is 4.30. The molecule has 0 radical (unpaired) electrons. The van der Waals surface area contributed by atoms with Crippen molar-refractivity contribution in [2.45, 2.75) is 44.7 Å². The van der Waals surface area contributed by atoms with Gasteiger partial charge in [-0.15, -0.1) is 6.58 Å². The molecule has 2 aliphatic heterocycles. The summed E-state index contributed by atoms with van der Waals surface area (Å²) < 4.78 is 0. The lowest BCUT2D eigenvalue weighted by Crippen LogP contribution is -2.53. The number of piperidine rings is 1. The van der Waals surface area contributed by atoms with Crippen LogP contribution in [0.3, 0.4) is 0 Å². The predicted molar refractivity (Wildman–Crippen MR) is 87.4 cm³/mol. The first kappa shape index (κ1) is 15.2. The zero-order valence-electron chi connectivity index (χ0n) is 13.4. The highest BCUT2D eigenvalue weighted by Crippen LogP contribution is 2.39. The van der Waals surface area contributed by atoms with Gasteiger partial charge in [-0.3, -0.25) is 14.7 Å². The maximum Gasteiger partial charge on any atom is 0.223 e. The summed E-state index contributed by atoms with van der Waals surface area (Å²) in [6.07, 6.45) is 5.70. The van der Waals surface area contributed by atoms with Gasteiger partial charge in [-0.25, -0.2) is 0 Å². The molecular weight excluding hydrogens is 274 g/mol. The van der Waals surface area contributed by atoms with Gasteiger partial charge in [0.25, 0.3) is 0 Å². The topological polar surface area (TPSA) is 36.4 Å². The van der Waals surface area contributed by atoms with Gasteiger partial charge in [0.15, 0.2) is 0 Å². The third-order valence-electron chi connectivity index (χ3n) is 5.11. The maximum absolute atomic E-state index is 12.1. The Morgan fingerprint density at radius 1 is 1.32 bits per heavy atom. The minimum atomic E-state index is 0.0851. The van der Waals surface area contributed by atoms with Crippen LogP contribution in [0, 0.1) is 6.92 Å². The van der Waals surface area contributed by atoms with Crippen LogP contribution in [0.25, 0.3) is 0 Å². The third-order valence-corrected chi connectivity index (χ3v) is 5.11. The van der Waals surface area contributed by atoms with Crippen molar-refractivity contribution in [1.29, 1.82) is 0 Å². The molecule has 2 fully saturated rings. The van der Waals surface area contributed by atoms with Gasteiger partial charge in [0.2, 0.25) is 5.91 Å². The third kappa shape index (κ3) is 2.93. The summed E-state index contributed by atoms with van der Waals surface area (Å²) in [5, 5.41) is 0. The second-order valence-electron chi connectivity index (χ2n) is 6.56. The van der Waals surface area contributed by atoms with E-state index >= 15 is 0 Å². The Morgan fingerprint density at radius 2 is 2.09 bits per heavy atom. The summed E-state index contributed by atoms with van der Waals surface area (Å²) in [5.41, 5.74) is 2.30. The molecule has 4 nitrogen and oxygen atoms in total. The zero-order chi connectivity index (χ0) is 15.6. The summed E-state index contributed by atoms with van der Waals surface area (Å²) in [6.45, 7) is 9.52. The number of amides is 1. The molecule has 1 aromatic heterocycles. The number of aromatic nitrogens is 1. The molecule has 118 valence electrons. The highest BCUT2D eigenvalue weighted by atomic mass is 16.2. The van der Waals surface area contributed by atoms with Crippen LogP contribution in [-0.4, -0.2) is 45.9 Å². The average Bonchev–Trinajstić information content (AvgIpc) is 2.80. The molecule has 1 spiro atoms. The minimum absolute atomic E-state index is 0.0851. The molecule has 0 bridgehead atoms. The fourth-order valence-electron chi connectivity index (χ4n) is 3.86. The van der Waals surface area contributed by atoms with Crippen LogP contribution in [0.1, 0.15) is 37.1 Å². The zero-order valence-corrected chi connectivity index (χ0v) is 13.4. The largest absolute Gasteiger partial charge is 0.333 e. The molecule has 3 heterocycles. The van der Waals surface area contributed by atoms with E-state index in [1.165, 1.54) is 0 Å². The number of nitrogens with zero attached hydrogens (tertiary/aromatic N) is 3. The normalized spacial score (nSPS) is 21.5. The van der Waals surface area contributed by atoms with E-state index in [4.69, 9.17) is 0 Å². The van der Waals surface area contributed by atoms with Crippen LogP contribution in [-0.2, 0) is 11.3 Å². The van der Waals surface area contributed by atoms with Gasteiger partial charge < -0.3 is 4.90 Å². The number of aryl methyl sites for hydroxylation is 1. The number of likely N-dealkylation sites (tertiary alicyclic amines) is 2. The Bertz CT molecular complexity index is 561. The van der Waals surface area contributed by atoms with Crippen molar-refractivity contribution >= 4 is 5.91 Å². The fraction of sp³-hybridized carbons (Fsp3) is 0.556. The van der Waals surface area contributed by atoms with Crippen molar-refractivity contribution in [3.8, 4) is 0 Å². The lowest BCUT2D eigenvalue weighted by atomic mass is 9.85. The molecule has 0 aromatic carbocycles. The monoisotopic (exact) mass is 299 g/mol. The molecule has 0 unspecified atom stereocenters. The summed E-state index contributed by atoms with van der Waals surface area (Å²) >= 11 is 0. The van der Waals surface area contributed by atoms with Gasteiger partial charge in [0.1, 0.15) is 0 Å². The van der Waals surface area contributed by atoms with Crippen molar-refractivity contribution < 1.29 is 4.79 Å². The summed E-state index contributed by atoms with van der Waals surface area (Å²) in [4.78, 5) is 21.2. The van der Waals surface area contributed by atoms with E-state index in [2.05, 4.69) is 33.5 Å². The predicted octanol–water partition coefficient (Wildman–Crippen LogP) is 2.53. The summed E-state index contributed by atoms with van der Waals surface area (Å²) in [5.74, 6) is 0.300. The lowest BCUT2D eigenvalue weighted by molar-refractivity contribution is -0.131. The molecule has 2 aliphatic rings. The van der Waals surface area contributed by atoms with Gasteiger partial charge in [-0.2, -0.15) is 0 Å². The van der Waals surface area contributed by atoms with Gasteiger partial charge in [-0.1, -0.05) is 12.1 Å². The van der Waals surface area contributed by atoms with Gasteiger partial charge >= 0.3 is 0 Å². The lowest BCUT2D eigenvalue weighted by Gasteiger charge is -2.44. The fourth-order valence-corrected chi connectivity index (χ4v) is 3.86. The molecule has 22 heavy (non-hydrogen) atoms. The Labute approximate surface area is 132 Å². The average molecular weight is 299 g/mol. The number of rotatable bonds is 4. The molecule has 0 aliphatic carbocycles. The molecule has 0 N–H and O–H groups in total. The van der Waals surface area contributed by atoms with E-state index in [0.29, 0.717) is 18.9 Å². The molecule has 0 saturated carbocycles. The number of hydrogen-bond acceptors (Lipinski definition) is 3. The molecule has 1 aromatic rings. The van der Waals surface area contributed by atoms with Crippen LogP contribution < -0.4 is 0 Å². The Morgan fingerprint density at radius 3 is 2.77 bits per heavy atom. The summed E-state index contributed by atoms with van der Waals surface area (Å²) in [6, 6.07) is 6.21. The van der Waals surface area contributed by atoms with Crippen LogP contribution in [0.15, 0.2) is 30.9 Å². The van der Waals surface area contributed by atoms with Crippen LogP contribution in [0.4, 0.5) is 0 Å². The van der Waals surface area contributed by atoms with Crippen molar-refractivity contribution in [1.82, 2.24) is 14.8 Å². The first-order valence-corrected chi connectivity index (χ1v) is 8.19. The second-order valence-corrected chi connectivity index (χ2v) is 6.56. The van der Waals surface area contributed by atoms with Crippen molar-refractivity contribution in [2.24, 2.45) is 0 Å². The van der Waals surface area contributed by atoms with Crippen molar-refractivity contribution in [3.05, 3.63) is 42.2 Å². The van der Waals surface area contributed by atoms with Gasteiger partial charge in [0, 0.05) is 43.8 Å². The highest BCUT2D eigenvalue weighted by molar-refractivity contribution is 5.80. The maximum atomic E-state index is 12.1. The molecule has 1 amide bonds. The van der Waals surface area contributed by atoms with Crippen LogP contribution >= 0.6 is 0 Å². The van der Waals surface area contributed by atoms with Crippen LogP contribution in [0.2, 0.25) is 0 Å². The van der Waals surface area contributed by atoms with E-state index in [1.807, 2.05) is 19.1 Å². The first-order valence-electron chi connectivity index (χ1n) is 8.19. The molecule has 4 heteroatoms. The molecule has 3 rings (SSSR count). The van der Waals surface area contributed by atoms with Crippen LogP contribution in [0.5, 0.6) is 0 Å². The van der Waals surface area contributed by atoms with E-state index in [9.17, 15) is 4.79 Å². The van der Waals surface area contributed by atoms with E-state index < -0.39 is 0 Å². The Balaban J connectivity index is 1.62. The Hall–Kier alpha value is -1.68. The van der Waals surface area contributed by atoms with Gasteiger partial charge in [0.05, 0.1) is 5.69 Å². The standard InChI is InChI=1S/C18H25N3O/c1-3-11-21-17(22)7-8-18(21)9-12-20(13-10-18)14-16-6-4-5-15(2)19-16/h3-6H,1,7-14H2,2H3. The van der Waals surface area contributed by atoms with E-state index in [1.54, 1.807) is 0 Å². The molecular formula is C18H25N3O. The first-order chi connectivity index (χ1) is 10.6. The number of carbonyl (C=O) groups is 1. The quantitative estimate of drug-likeness (QED) is 0.802. The number of carbonyl (C=O) groups excluding carboxylic acids is 1. The van der Waals surface area contributed by atoms with Crippen molar-refractivity contribution in [2.75, 3.05) is 19.6 Å². The molecule has 2 saturated heterocycles. The SMILES string of the molecule is C=CCN1C(=O)CCC12CCN(Cc1cccc(C)n1)CC2. The second kappa shape index (κ2) is 6.21.